The first kappa shape index (κ1) is 23.2. The van der Waals surface area contributed by atoms with E-state index in [0.717, 1.165) is 24.7 Å². The number of aliphatic hydroxyl groups excluding tert-OH is 1. The molecule has 9 heteroatoms. The van der Waals surface area contributed by atoms with E-state index >= 15 is 0 Å². The molecule has 1 aromatic rings. The van der Waals surface area contributed by atoms with Crippen molar-refractivity contribution in [2.45, 2.75) is 51.4 Å². The van der Waals surface area contributed by atoms with Gasteiger partial charge in [0, 0.05) is 17.8 Å². The summed E-state index contributed by atoms with van der Waals surface area (Å²) in [5.41, 5.74) is 1.61. The number of carbonyl (C=O) groups is 1. The van der Waals surface area contributed by atoms with Gasteiger partial charge in [0.25, 0.3) is 0 Å². The minimum Gasteiger partial charge on any atom is -0.514 e. The third kappa shape index (κ3) is 8.45. The van der Waals surface area contributed by atoms with Gasteiger partial charge < -0.3 is 34.9 Å². The topological polar surface area (TPSA) is 109 Å². The summed E-state index contributed by atoms with van der Waals surface area (Å²) in [5.74, 6) is -0.430. The fraction of sp³-hybridized carbons (Fsp3) is 0.550. The van der Waals surface area contributed by atoms with E-state index in [1.54, 1.807) is 13.7 Å². The van der Waals surface area contributed by atoms with Crippen LogP contribution in [0.4, 0.5) is 0 Å². The van der Waals surface area contributed by atoms with E-state index in [1.807, 2.05) is 30.3 Å². The van der Waals surface area contributed by atoms with Crippen molar-refractivity contribution in [1.82, 2.24) is 10.5 Å². The van der Waals surface area contributed by atoms with Gasteiger partial charge in [-0.1, -0.05) is 30.3 Å². The van der Waals surface area contributed by atoms with Gasteiger partial charge in [0.2, 0.25) is 0 Å². The van der Waals surface area contributed by atoms with Gasteiger partial charge in [-0.25, -0.2) is 0 Å². The molecule has 0 spiro atoms. The molecular weight excluding hydrogens is 375 g/mol. The van der Waals surface area contributed by atoms with Crippen molar-refractivity contribution in [3.63, 3.8) is 0 Å². The highest BCUT2D eigenvalue weighted by atomic mass is 16.7. The molecule has 1 saturated heterocycles. The third-order valence-electron chi connectivity index (χ3n) is 4.47. The lowest BCUT2D eigenvalue weighted by Crippen LogP contribution is -2.48. The number of unbranched alkanes of at least 4 members (excludes halogenated alkanes) is 1. The van der Waals surface area contributed by atoms with E-state index in [4.69, 9.17) is 19.3 Å². The Morgan fingerprint density at radius 2 is 2.00 bits per heavy atom. The van der Waals surface area contributed by atoms with Crippen molar-refractivity contribution in [3.05, 3.63) is 47.9 Å². The predicted molar refractivity (Wildman–Crippen MR) is 110 cm³/mol. The SMILES string of the molecule is CB(O)NC(CCCCN/C(C)=C\O)C(=O)OC1COC(c2ccccc2)OC1. The van der Waals surface area contributed by atoms with Crippen LogP contribution in [0, 0.1) is 0 Å². The number of nitrogens with one attached hydrogen (secondary N) is 2. The second-order valence-corrected chi connectivity index (χ2v) is 7.10. The van der Waals surface area contributed by atoms with Crippen LogP contribution in [0.2, 0.25) is 6.82 Å². The molecule has 0 bridgehead atoms. The zero-order valence-corrected chi connectivity index (χ0v) is 17.0. The lowest BCUT2D eigenvalue weighted by atomic mass is 9.86. The number of aliphatic hydroxyl groups is 1. The van der Waals surface area contributed by atoms with Crippen molar-refractivity contribution < 1.29 is 29.1 Å². The maximum absolute atomic E-state index is 12.6. The summed E-state index contributed by atoms with van der Waals surface area (Å²) in [5, 5.41) is 24.4. The van der Waals surface area contributed by atoms with Gasteiger partial charge in [-0.3, -0.25) is 4.79 Å². The molecule has 160 valence electrons. The molecule has 0 aliphatic carbocycles. The van der Waals surface area contributed by atoms with E-state index in [2.05, 4.69) is 10.5 Å². The summed E-state index contributed by atoms with van der Waals surface area (Å²) in [7, 11) is -0.827. The first-order valence-corrected chi connectivity index (χ1v) is 9.97. The van der Waals surface area contributed by atoms with Crippen molar-refractivity contribution in [2.24, 2.45) is 0 Å². The van der Waals surface area contributed by atoms with Crippen molar-refractivity contribution in [3.8, 4) is 0 Å². The van der Waals surface area contributed by atoms with Crippen LogP contribution in [0.5, 0.6) is 0 Å². The number of ether oxygens (including phenoxy) is 3. The van der Waals surface area contributed by atoms with Gasteiger partial charge in [0.1, 0.15) is 6.10 Å². The molecule has 0 saturated carbocycles. The Morgan fingerprint density at radius 3 is 2.62 bits per heavy atom. The number of esters is 1. The van der Waals surface area contributed by atoms with Crippen LogP contribution >= 0.6 is 0 Å². The predicted octanol–water partition coefficient (Wildman–Crippen LogP) is 1.89. The van der Waals surface area contributed by atoms with Crippen LogP contribution < -0.4 is 10.5 Å². The highest BCUT2D eigenvalue weighted by Gasteiger charge is 2.29. The average molecular weight is 406 g/mol. The van der Waals surface area contributed by atoms with Crippen LogP contribution in [-0.2, 0) is 19.0 Å². The molecule has 0 radical (unpaired) electrons. The molecule has 2 rings (SSSR count). The summed E-state index contributed by atoms with van der Waals surface area (Å²) in [6, 6.07) is 8.98. The molecule has 1 fully saturated rings. The lowest BCUT2D eigenvalue weighted by Gasteiger charge is -2.30. The van der Waals surface area contributed by atoms with E-state index in [0.29, 0.717) is 18.7 Å². The zero-order valence-electron chi connectivity index (χ0n) is 17.0. The lowest BCUT2D eigenvalue weighted by molar-refractivity contribution is -0.230. The summed E-state index contributed by atoms with van der Waals surface area (Å²) >= 11 is 0. The highest BCUT2D eigenvalue weighted by Crippen LogP contribution is 2.23. The average Bonchev–Trinajstić information content (AvgIpc) is 2.73. The van der Waals surface area contributed by atoms with E-state index in [-0.39, 0.29) is 13.2 Å². The molecule has 0 amide bonds. The fourth-order valence-corrected chi connectivity index (χ4v) is 2.97. The highest BCUT2D eigenvalue weighted by molar-refractivity contribution is 6.46. The number of hydrogen-bond acceptors (Lipinski definition) is 8. The molecule has 29 heavy (non-hydrogen) atoms. The molecule has 0 aromatic heterocycles. The van der Waals surface area contributed by atoms with E-state index < -0.39 is 31.5 Å². The summed E-state index contributed by atoms with van der Waals surface area (Å²) in [4.78, 5) is 12.6. The maximum atomic E-state index is 12.6. The van der Waals surface area contributed by atoms with Crippen molar-refractivity contribution in [1.29, 1.82) is 0 Å². The second-order valence-electron chi connectivity index (χ2n) is 7.10. The van der Waals surface area contributed by atoms with Gasteiger partial charge in [-0.05, 0) is 33.0 Å². The molecule has 1 aromatic carbocycles. The fourth-order valence-electron chi connectivity index (χ4n) is 2.97. The normalized spacial score (nSPS) is 20.7. The number of allylic oxidation sites excluding steroid dienone is 1. The molecule has 1 atom stereocenters. The molecule has 1 aliphatic heterocycles. The van der Waals surface area contributed by atoms with Crippen LogP contribution in [-0.4, -0.2) is 55.1 Å². The Kier molecular flexibility index (Phi) is 10.00. The van der Waals surface area contributed by atoms with Crippen LogP contribution in [0.25, 0.3) is 0 Å². The first-order chi connectivity index (χ1) is 14.0. The van der Waals surface area contributed by atoms with Gasteiger partial charge >= 0.3 is 13.0 Å². The summed E-state index contributed by atoms with van der Waals surface area (Å²) in [6.45, 7) is 4.53. The molecule has 8 nitrogen and oxygen atoms in total. The van der Waals surface area contributed by atoms with Crippen LogP contribution in [0.15, 0.2) is 42.3 Å². The van der Waals surface area contributed by atoms with Gasteiger partial charge in [-0.15, -0.1) is 0 Å². The smallest absolute Gasteiger partial charge is 0.374 e. The zero-order chi connectivity index (χ0) is 21.1. The number of carbonyl (C=O) groups excluding carboxylic acids is 1. The molecule has 1 unspecified atom stereocenters. The Hall–Kier alpha value is -2.07. The van der Waals surface area contributed by atoms with Gasteiger partial charge in [0.15, 0.2) is 6.29 Å². The van der Waals surface area contributed by atoms with E-state index in [1.165, 1.54) is 0 Å². The summed E-state index contributed by atoms with van der Waals surface area (Å²) < 4.78 is 16.9. The molecule has 1 heterocycles. The van der Waals surface area contributed by atoms with Crippen LogP contribution in [0.1, 0.15) is 38.0 Å². The number of benzene rings is 1. The maximum Gasteiger partial charge on any atom is 0.374 e. The molecule has 4 N–H and O–H groups in total. The molecule has 1 aliphatic rings. The van der Waals surface area contributed by atoms with Gasteiger partial charge in [-0.2, -0.15) is 0 Å². The molecular formula is C20H31BN2O6. The third-order valence-corrected chi connectivity index (χ3v) is 4.47. The largest absolute Gasteiger partial charge is 0.514 e. The monoisotopic (exact) mass is 406 g/mol. The Morgan fingerprint density at radius 1 is 1.31 bits per heavy atom. The quantitative estimate of drug-likeness (QED) is 0.191. The Bertz CT molecular complexity index is 635. The number of rotatable bonds is 11. The van der Waals surface area contributed by atoms with Gasteiger partial charge in [0.05, 0.1) is 25.5 Å². The minimum absolute atomic E-state index is 0.253. The first-order valence-electron chi connectivity index (χ1n) is 9.97. The number of hydrogen-bond donors (Lipinski definition) is 4. The summed E-state index contributed by atoms with van der Waals surface area (Å²) in [6.07, 6.45) is 2.16. The second kappa shape index (κ2) is 12.5. The minimum atomic E-state index is -0.827. The van der Waals surface area contributed by atoms with Crippen molar-refractivity contribution >= 4 is 13.0 Å². The Labute approximate surface area is 172 Å². The van der Waals surface area contributed by atoms with Crippen LogP contribution in [0.3, 0.4) is 0 Å². The van der Waals surface area contributed by atoms with Crippen molar-refractivity contribution in [2.75, 3.05) is 19.8 Å². The standard InChI is InChI=1S/C20H31BN2O6/c1-15(12-24)22-11-7-6-10-18(23-21(2)26)19(25)29-17-13-27-20(28-14-17)16-8-4-3-5-9-16/h3-5,8-9,12,17-18,20,22-24,26H,6-7,10-11,13-14H2,1-2H3/b15-12-. The Balaban J connectivity index is 1.75. The van der Waals surface area contributed by atoms with E-state index in [9.17, 15) is 9.82 Å².